The summed E-state index contributed by atoms with van der Waals surface area (Å²) in [5.74, 6) is 0. The molecule has 1 N–H and O–H groups in total. The lowest BCUT2D eigenvalue weighted by molar-refractivity contribution is -0.262. The minimum Gasteiger partial charge on any atom is -0.340 e. The Hall–Kier alpha value is -0.500. The van der Waals surface area contributed by atoms with Crippen LogP contribution in [0.5, 0.6) is 0 Å². The van der Waals surface area contributed by atoms with Crippen molar-refractivity contribution >= 4 is 0 Å². The van der Waals surface area contributed by atoms with Crippen molar-refractivity contribution in [3.8, 4) is 0 Å². The highest BCUT2D eigenvalue weighted by Gasteiger charge is 2.53. The first-order chi connectivity index (χ1) is 5.71. The molecule has 78 valence electrons. The Morgan fingerprint density at radius 2 is 1.54 bits per heavy atom. The zero-order chi connectivity index (χ0) is 10.3. The van der Waals surface area contributed by atoms with E-state index in [1.807, 2.05) is 0 Å². The third-order valence-electron chi connectivity index (χ3n) is 1.45. The van der Waals surface area contributed by atoms with Gasteiger partial charge in [-0.05, 0) is 0 Å². The van der Waals surface area contributed by atoms with Crippen LogP contribution in [-0.4, -0.2) is 31.2 Å². The Morgan fingerprint density at radius 1 is 1.00 bits per heavy atom. The van der Waals surface area contributed by atoms with Crippen molar-refractivity contribution in [3.63, 3.8) is 0 Å². The molecule has 0 aromatic heterocycles. The van der Waals surface area contributed by atoms with Crippen LogP contribution in [-0.2, 0) is 4.74 Å². The molecule has 0 spiro atoms. The van der Waals surface area contributed by atoms with E-state index < -0.39 is 31.2 Å². The standard InChI is InChI=1S/C5H5F6NO/c6-4(7,8)2-1-12-3(13-2)5(9,10)11/h2-3,12H,1H2. The molecule has 1 fully saturated rings. The zero-order valence-electron chi connectivity index (χ0n) is 6.04. The second-order valence-electron chi connectivity index (χ2n) is 2.50. The van der Waals surface area contributed by atoms with Crippen molar-refractivity contribution in [1.82, 2.24) is 5.32 Å². The van der Waals surface area contributed by atoms with Crippen molar-refractivity contribution < 1.29 is 31.1 Å². The van der Waals surface area contributed by atoms with Gasteiger partial charge in [0.15, 0.2) is 6.10 Å². The highest BCUT2D eigenvalue weighted by atomic mass is 19.4. The first-order valence-electron chi connectivity index (χ1n) is 3.23. The third-order valence-corrected chi connectivity index (χ3v) is 1.45. The molecule has 2 unspecified atom stereocenters. The molecule has 1 heterocycles. The average Bonchev–Trinajstić information content (AvgIpc) is 2.28. The molecule has 0 aromatic rings. The fourth-order valence-corrected chi connectivity index (χ4v) is 0.860. The van der Waals surface area contributed by atoms with Crippen LogP contribution >= 0.6 is 0 Å². The summed E-state index contributed by atoms with van der Waals surface area (Å²) in [7, 11) is 0. The number of alkyl halides is 6. The quantitative estimate of drug-likeness (QED) is 0.609. The molecule has 8 heteroatoms. The second kappa shape index (κ2) is 3.02. The van der Waals surface area contributed by atoms with Gasteiger partial charge in [0.2, 0.25) is 6.23 Å². The molecule has 1 saturated heterocycles. The zero-order valence-corrected chi connectivity index (χ0v) is 6.04. The average molecular weight is 209 g/mol. The summed E-state index contributed by atoms with van der Waals surface area (Å²) in [6, 6.07) is 0. The predicted molar refractivity (Wildman–Crippen MR) is 28.8 cm³/mol. The van der Waals surface area contributed by atoms with E-state index in [9.17, 15) is 26.3 Å². The van der Waals surface area contributed by atoms with Crippen LogP contribution in [0.25, 0.3) is 0 Å². The largest absolute Gasteiger partial charge is 0.428 e. The van der Waals surface area contributed by atoms with Gasteiger partial charge in [0.25, 0.3) is 0 Å². The van der Waals surface area contributed by atoms with Crippen LogP contribution in [0.4, 0.5) is 26.3 Å². The Bertz CT molecular complexity index is 166. The summed E-state index contributed by atoms with van der Waals surface area (Å²) in [6.45, 7) is -0.867. The molecule has 0 radical (unpaired) electrons. The first kappa shape index (κ1) is 10.6. The number of ether oxygens (including phenoxy) is 1. The highest BCUT2D eigenvalue weighted by molar-refractivity contribution is 4.82. The molecule has 13 heavy (non-hydrogen) atoms. The minimum atomic E-state index is -4.81. The van der Waals surface area contributed by atoms with Crippen LogP contribution in [0.1, 0.15) is 0 Å². The summed E-state index contributed by atoms with van der Waals surface area (Å²) in [4.78, 5) is 0. The van der Waals surface area contributed by atoms with Crippen molar-refractivity contribution in [2.45, 2.75) is 24.7 Å². The summed E-state index contributed by atoms with van der Waals surface area (Å²) < 4.78 is 74.4. The molecule has 1 aliphatic rings. The maximum Gasteiger partial charge on any atom is 0.428 e. The maximum atomic E-state index is 11.8. The van der Waals surface area contributed by atoms with Gasteiger partial charge >= 0.3 is 12.4 Å². The van der Waals surface area contributed by atoms with Gasteiger partial charge in [-0.25, -0.2) is 0 Å². The second-order valence-corrected chi connectivity index (χ2v) is 2.50. The first-order valence-corrected chi connectivity index (χ1v) is 3.23. The van der Waals surface area contributed by atoms with Crippen LogP contribution < -0.4 is 5.32 Å². The van der Waals surface area contributed by atoms with Gasteiger partial charge < -0.3 is 4.74 Å². The fourth-order valence-electron chi connectivity index (χ4n) is 0.860. The van der Waals surface area contributed by atoms with Crippen molar-refractivity contribution in [2.24, 2.45) is 0 Å². The van der Waals surface area contributed by atoms with Crippen molar-refractivity contribution in [1.29, 1.82) is 0 Å². The lowest BCUT2D eigenvalue weighted by Gasteiger charge is -2.16. The van der Waals surface area contributed by atoms with Gasteiger partial charge in [0.05, 0.1) is 0 Å². The Labute approximate surface area is 68.8 Å². The van der Waals surface area contributed by atoms with Gasteiger partial charge in [0.1, 0.15) is 0 Å². The van der Waals surface area contributed by atoms with E-state index in [-0.39, 0.29) is 0 Å². The summed E-state index contributed by atoms with van der Waals surface area (Å²) in [5, 5.41) is 1.59. The Balaban J connectivity index is 2.55. The van der Waals surface area contributed by atoms with Gasteiger partial charge in [-0.15, -0.1) is 0 Å². The van der Waals surface area contributed by atoms with E-state index in [2.05, 4.69) is 4.74 Å². The third kappa shape index (κ3) is 2.47. The topological polar surface area (TPSA) is 21.3 Å². The molecule has 0 aliphatic carbocycles. The lowest BCUT2D eigenvalue weighted by atomic mass is 10.4. The smallest absolute Gasteiger partial charge is 0.340 e. The van der Waals surface area contributed by atoms with Crippen LogP contribution in [0.3, 0.4) is 0 Å². The van der Waals surface area contributed by atoms with E-state index in [0.29, 0.717) is 0 Å². The molecule has 1 aliphatic heterocycles. The van der Waals surface area contributed by atoms with E-state index >= 15 is 0 Å². The fraction of sp³-hybridized carbons (Fsp3) is 1.00. The molecule has 0 bridgehead atoms. The molecule has 2 nitrogen and oxygen atoms in total. The molecule has 0 aromatic carbocycles. The number of nitrogens with one attached hydrogen (secondary N) is 1. The van der Waals surface area contributed by atoms with Crippen molar-refractivity contribution in [2.75, 3.05) is 6.54 Å². The molecule has 0 saturated carbocycles. The predicted octanol–water partition coefficient (Wildman–Crippen LogP) is 1.43. The lowest BCUT2D eigenvalue weighted by Crippen LogP contribution is -2.38. The normalized spacial score (nSPS) is 30.9. The summed E-state index contributed by atoms with van der Waals surface area (Å²) >= 11 is 0. The molecule has 1 rings (SSSR count). The molecular formula is C5H5F6NO. The van der Waals surface area contributed by atoms with E-state index in [0.717, 1.165) is 0 Å². The Kier molecular flexibility index (Phi) is 2.46. The SMILES string of the molecule is FC(F)(F)C1CNC(C(F)(F)F)O1. The molecule has 0 amide bonds. The minimum absolute atomic E-state index is 0.867. The van der Waals surface area contributed by atoms with Crippen LogP contribution in [0.2, 0.25) is 0 Å². The van der Waals surface area contributed by atoms with E-state index in [1.54, 1.807) is 5.32 Å². The summed E-state index contributed by atoms with van der Waals surface area (Å²) in [6.07, 6.45) is -14.5. The number of rotatable bonds is 0. The van der Waals surface area contributed by atoms with Gasteiger partial charge in [-0.3, -0.25) is 5.32 Å². The highest BCUT2D eigenvalue weighted by Crippen LogP contribution is 2.31. The molecular weight excluding hydrogens is 204 g/mol. The monoisotopic (exact) mass is 209 g/mol. The number of halogens is 6. The van der Waals surface area contributed by atoms with E-state index in [1.165, 1.54) is 0 Å². The number of hydrogen-bond donors (Lipinski definition) is 1. The van der Waals surface area contributed by atoms with Crippen LogP contribution in [0.15, 0.2) is 0 Å². The van der Waals surface area contributed by atoms with Gasteiger partial charge in [-0.1, -0.05) is 0 Å². The van der Waals surface area contributed by atoms with Crippen LogP contribution in [0, 0.1) is 0 Å². The van der Waals surface area contributed by atoms with E-state index in [4.69, 9.17) is 0 Å². The maximum absolute atomic E-state index is 11.8. The van der Waals surface area contributed by atoms with Gasteiger partial charge in [-0.2, -0.15) is 26.3 Å². The number of hydrogen-bond acceptors (Lipinski definition) is 2. The Morgan fingerprint density at radius 3 is 1.77 bits per heavy atom. The van der Waals surface area contributed by atoms with Crippen molar-refractivity contribution in [3.05, 3.63) is 0 Å². The van der Waals surface area contributed by atoms with Gasteiger partial charge in [0, 0.05) is 6.54 Å². The summed E-state index contributed by atoms with van der Waals surface area (Å²) in [5.41, 5.74) is 0. The molecule has 2 atom stereocenters.